The van der Waals surface area contributed by atoms with E-state index < -0.39 is 24.0 Å². The maximum absolute atomic E-state index is 12.2. The largest absolute Gasteiger partial charge is 0.495 e. The van der Waals surface area contributed by atoms with Crippen LogP contribution in [0.4, 0.5) is 5.69 Å². The highest BCUT2D eigenvalue weighted by Gasteiger charge is 2.14. The SMILES string of the molecule is COc1ccc(C)cc1NC(=O)COC(=O)c1cc2ccccc2c(=O)[nH]1. The quantitative estimate of drug-likeness (QED) is 0.677. The molecular weight excluding hydrogens is 348 g/mol. The van der Waals surface area contributed by atoms with Crippen molar-refractivity contribution in [2.24, 2.45) is 0 Å². The van der Waals surface area contributed by atoms with Gasteiger partial charge in [-0.3, -0.25) is 9.59 Å². The number of fused-ring (bicyclic) bond motifs is 1. The van der Waals surface area contributed by atoms with Gasteiger partial charge in [0.2, 0.25) is 0 Å². The number of aryl methyl sites for hydroxylation is 1. The van der Waals surface area contributed by atoms with Crippen LogP contribution in [-0.2, 0) is 9.53 Å². The highest BCUT2D eigenvalue weighted by Crippen LogP contribution is 2.25. The van der Waals surface area contributed by atoms with Crippen LogP contribution >= 0.6 is 0 Å². The van der Waals surface area contributed by atoms with E-state index in [-0.39, 0.29) is 5.69 Å². The number of nitrogens with one attached hydrogen (secondary N) is 2. The normalized spacial score (nSPS) is 10.4. The van der Waals surface area contributed by atoms with E-state index in [4.69, 9.17) is 9.47 Å². The zero-order chi connectivity index (χ0) is 19.4. The van der Waals surface area contributed by atoms with Gasteiger partial charge in [0.1, 0.15) is 11.4 Å². The predicted molar refractivity (Wildman–Crippen MR) is 101 cm³/mol. The van der Waals surface area contributed by atoms with E-state index in [1.165, 1.54) is 13.2 Å². The van der Waals surface area contributed by atoms with Crippen LogP contribution in [0.1, 0.15) is 16.1 Å². The minimum Gasteiger partial charge on any atom is -0.495 e. The Balaban J connectivity index is 1.68. The van der Waals surface area contributed by atoms with Gasteiger partial charge in [-0.15, -0.1) is 0 Å². The summed E-state index contributed by atoms with van der Waals surface area (Å²) in [6, 6.07) is 13.7. The van der Waals surface area contributed by atoms with Crippen molar-refractivity contribution in [2.75, 3.05) is 19.0 Å². The number of carbonyl (C=O) groups excluding carboxylic acids is 2. The molecule has 0 radical (unpaired) electrons. The van der Waals surface area contributed by atoms with Crippen molar-refractivity contribution in [2.45, 2.75) is 6.92 Å². The smallest absolute Gasteiger partial charge is 0.355 e. The lowest BCUT2D eigenvalue weighted by molar-refractivity contribution is -0.119. The van der Waals surface area contributed by atoms with Crippen LogP contribution in [0.3, 0.4) is 0 Å². The van der Waals surface area contributed by atoms with Gasteiger partial charge in [0.05, 0.1) is 12.8 Å². The Labute approximate surface area is 154 Å². The van der Waals surface area contributed by atoms with Crippen molar-refractivity contribution in [3.63, 3.8) is 0 Å². The fraction of sp³-hybridized carbons (Fsp3) is 0.150. The van der Waals surface area contributed by atoms with Gasteiger partial charge in [-0.25, -0.2) is 4.79 Å². The molecule has 0 saturated heterocycles. The van der Waals surface area contributed by atoms with E-state index in [9.17, 15) is 14.4 Å². The third-order valence-electron chi connectivity index (χ3n) is 3.94. The number of benzene rings is 2. The van der Waals surface area contributed by atoms with E-state index in [1.807, 2.05) is 13.0 Å². The first-order valence-corrected chi connectivity index (χ1v) is 8.21. The molecular formula is C20H18N2O5. The fourth-order valence-corrected chi connectivity index (χ4v) is 2.64. The fourth-order valence-electron chi connectivity index (χ4n) is 2.64. The maximum Gasteiger partial charge on any atom is 0.355 e. The summed E-state index contributed by atoms with van der Waals surface area (Å²) in [6.45, 7) is 1.38. The van der Waals surface area contributed by atoms with Crippen LogP contribution in [0, 0.1) is 6.92 Å². The van der Waals surface area contributed by atoms with Crippen molar-refractivity contribution in [1.29, 1.82) is 0 Å². The maximum atomic E-state index is 12.2. The van der Waals surface area contributed by atoms with E-state index in [0.717, 1.165) is 5.56 Å². The Bertz CT molecular complexity index is 1070. The van der Waals surface area contributed by atoms with Gasteiger partial charge in [-0.1, -0.05) is 24.3 Å². The van der Waals surface area contributed by atoms with E-state index in [2.05, 4.69) is 10.3 Å². The third kappa shape index (κ3) is 4.14. The third-order valence-corrected chi connectivity index (χ3v) is 3.94. The first kappa shape index (κ1) is 18.2. The monoisotopic (exact) mass is 366 g/mol. The number of anilines is 1. The number of esters is 1. The zero-order valence-corrected chi connectivity index (χ0v) is 14.9. The Morgan fingerprint density at radius 2 is 1.89 bits per heavy atom. The van der Waals surface area contributed by atoms with Crippen LogP contribution in [0.25, 0.3) is 10.8 Å². The molecule has 3 aromatic rings. The van der Waals surface area contributed by atoms with E-state index >= 15 is 0 Å². The molecule has 0 aliphatic carbocycles. The molecule has 0 fully saturated rings. The summed E-state index contributed by atoms with van der Waals surface area (Å²) in [6.07, 6.45) is 0. The Hall–Kier alpha value is -3.61. The van der Waals surface area contributed by atoms with Crippen molar-refractivity contribution in [3.05, 3.63) is 70.1 Å². The second kappa shape index (κ2) is 7.74. The number of hydrogen-bond donors (Lipinski definition) is 2. The summed E-state index contributed by atoms with van der Waals surface area (Å²) in [4.78, 5) is 38.8. The summed E-state index contributed by atoms with van der Waals surface area (Å²) in [5.74, 6) is -0.807. The molecule has 1 heterocycles. The first-order chi connectivity index (χ1) is 13.0. The molecule has 1 amide bonds. The Morgan fingerprint density at radius 3 is 2.67 bits per heavy atom. The average molecular weight is 366 g/mol. The van der Waals surface area contributed by atoms with Crippen molar-refractivity contribution in [1.82, 2.24) is 4.98 Å². The highest BCUT2D eigenvalue weighted by molar-refractivity contribution is 5.97. The van der Waals surface area contributed by atoms with Crippen LogP contribution in [0.2, 0.25) is 0 Å². The lowest BCUT2D eigenvalue weighted by atomic mass is 10.1. The molecule has 7 heteroatoms. The number of aromatic amines is 1. The minimum absolute atomic E-state index is 0.0142. The molecule has 138 valence electrons. The lowest BCUT2D eigenvalue weighted by Crippen LogP contribution is -2.23. The molecule has 1 aromatic heterocycles. The molecule has 0 unspecified atom stereocenters. The molecule has 0 spiro atoms. The number of carbonyl (C=O) groups is 2. The zero-order valence-electron chi connectivity index (χ0n) is 14.9. The van der Waals surface area contributed by atoms with Crippen molar-refractivity contribution in [3.8, 4) is 5.75 Å². The standard InChI is InChI=1S/C20H18N2O5/c1-12-7-8-17(26-2)15(9-12)21-18(23)11-27-20(25)16-10-13-5-3-4-6-14(13)19(24)22-16/h3-10H,11H2,1-2H3,(H,21,23)(H,22,24). The number of H-pyrrole nitrogens is 1. The average Bonchev–Trinajstić information content (AvgIpc) is 2.66. The summed E-state index contributed by atoms with van der Waals surface area (Å²) < 4.78 is 10.2. The minimum atomic E-state index is -0.788. The Kier molecular flexibility index (Phi) is 5.21. The number of rotatable bonds is 5. The summed E-state index contributed by atoms with van der Waals surface area (Å²) in [7, 11) is 1.50. The Morgan fingerprint density at radius 1 is 1.11 bits per heavy atom. The summed E-state index contributed by atoms with van der Waals surface area (Å²) >= 11 is 0. The number of aromatic nitrogens is 1. The molecule has 0 aliphatic rings. The van der Waals surface area contributed by atoms with E-state index in [0.29, 0.717) is 22.2 Å². The number of methoxy groups -OCH3 is 1. The first-order valence-electron chi connectivity index (χ1n) is 8.21. The number of pyridine rings is 1. The van der Waals surface area contributed by atoms with Crippen molar-refractivity contribution < 1.29 is 19.1 Å². The molecule has 0 bridgehead atoms. The topological polar surface area (TPSA) is 97.5 Å². The lowest BCUT2D eigenvalue weighted by Gasteiger charge is -2.11. The molecule has 0 aliphatic heterocycles. The molecule has 7 nitrogen and oxygen atoms in total. The number of amides is 1. The van der Waals surface area contributed by atoms with Gasteiger partial charge in [0.25, 0.3) is 11.5 Å². The van der Waals surface area contributed by atoms with Gasteiger partial charge in [0, 0.05) is 5.39 Å². The van der Waals surface area contributed by atoms with Gasteiger partial charge in [0.15, 0.2) is 6.61 Å². The second-order valence-electron chi connectivity index (χ2n) is 5.93. The van der Waals surface area contributed by atoms with Crippen LogP contribution < -0.4 is 15.6 Å². The second-order valence-corrected chi connectivity index (χ2v) is 5.93. The van der Waals surface area contributed by atoms with Crippen molar-refractivity contribution >= 4 is 28.3 Å². The van der Waals surface area contributed by atoms with Gasteiger partial charge < -0.3 is 19.8 Å². The van der Waals surface area contributed by atoms with Gasteiger partial charge in [-0.05, 0) is 42.1 Å². The van der Waals surface area contributed by atoms with Gasteiger partial charge >= 0.3 is 5.97 Å². The van der Waals surface area contributed by atoms with Gasteiger partial charge in [-0.2, -0.15) is 0 Å². The van der Waals surface area contributed by atoms with Crippen LogP contribution in [-0.4, -0.2) is 30.6 Å². The van der Waals surface area contributed by atoms with Crippen LogP contribution in [0.5, 0.6) is 5.75 Å². The molecule has 3 rings (SSSR count). The summed E-state index contributed by atoms with van der Waals surface area (Å²) in [5.41, 5.74) is 1.02. The molecule has 0 saturated carbocycles. The highest BCUT2D eigenvalue weighted by atomic mass is 16.5. The summed E-state index contributed by atoms with van der Waals surface area (Å²) in [5, 5.41) is 3.72. The molecule has 2 aromatic carbocycles. The number of ether oxygens (including phenoxy) is 2. The molecule has 27 heavy (non-hydrogen) atoms. The number of hydrogen-bond acceptors (Lipinski definition) is 5. The van der Waals surface area contributed by atoms with Crippen LogP contribution in [0.15, 0.2) is 53.3 Å². The molecule has 2 N–H and O–H groups in total. The molecule has 0 atom stereocenters. The van der Waals surface area contributed by atoms with E-state index in [1.54, 1.807) is 36.4 Å². The predicted octanol–water partition coefficient (Wildman–Crippen LogP) is 2.64.